The number of rotatable bonds is 4. The van der Waals surface area contributed by atoms with E-state index in [0.29, 0.717) is 11.8 Å². The van der Waals surface area contributed by atoms with Crippen LogP contribution in [0.1, 0.15) is 48.5 Å². The molecular weight excluding hydrogens is 204 g/mol. The first-order valence-electron chi connectivity index (χ1n) is 5.84. The van der Waals surface area contributed by atoms with Gasteiger partial charge in [-0.1, -0.05) is 48.5 Å². The van der Waals surface area contributed by atoms with Crippen LogP contribution in [-0.4, -0.2) is 12.1 Å². The zero-order valence-electron chi connectivity index (χ0n) is 11.4. The van der Waals surface area contributed by atoms with Crippen molar-refractivity contribution >= 4 is 6.29 Å². The van der Waals surface area contributed by atoms with Gasteiger partial charge >= 0.3 is 5.79 Å². The molecule has 0 amide bonds. The second-order valence-electron chi connectivity index (χ2n) is 6.69. The first-order chi connectivity index (χ1) is 7.08. The topological polar surface area (TPSA) is 42.1 Å². The molecule has 0 spiro atoms. The van der Waals surface area contributed by atoms with E-state index in [-0.39, 0.29) is 10.8 Å². The maximum absolute atomic E-state index is 11.0. The Morgan fingerprint density at radius 3 is 1.69 bits per heavy atom. The minimum atomic E-state index is -1.16. The molecule has 1 atom stereocenters. The van der Waals surface area contributed by atoms with Crippen LogP contribution in [0.3, 0.4) is 0 Å². The molecule has 1 fully saturated rings. The van der Waals surface area contributed by atoms with Crippen molar-refractivity contribution in [2.75, 3.05) is 0 Å². The average Bonchev–Trinajstić information content (AvgIpc) is 2.78. The smallest absolute Gasteiger partial charge is 0.284 e. The van der Waals surface area contributed by atoms with Gasteiger partial charge in [0, 0.05) is 5.41 Å². The molecule has 0 aromatic carbocycles. The fourth-order valence-electron chi connectivity index (χ4n) is 3.54. The van der Waals surface area contributed by atoms with E-state index in [1.54, 1.807) is 0 Å². The summed E-state index contributed by atoms with van der Waals surface area (Å²) < 4.78 is 0. The van der Waals surface area contributed by atoms with Crippen LogP contribution < -0.4 is 0 Å². The van der Waals surface area contributed by atoms with E-state index in [0.717, 1.165) is 0 Å². The first kappa shape index (κ1) is 13.7. The number of hydrogen-bond acceptors (Lipinski definition) is 3. The van der Waals surface area contributed by atoms with Crippen molar-refractivity contribution in [3.8, 4) is 0 Å². The molecule has 16 heavy (non-hydrogen) atoms. The van der Waals surface area contributed by atoms with Gasteiger partial charge in [0.2, 0.25) is 0 Å². The summed E-state index contributed by atoms with van der Waals surface area (Å²) in [5.41, 5.74) is -0.308. The molecule has 1 aliphatic rings. The maximum atomic E-state index is 11.0. The fourth-order valence-corrected chi connectivity index (χ4v) is 3.54. The van der Waals surface area contributed by atoms with E-state index in [1.807, 2.05) is 20.1 Å². The summed E-state index contributed by atoms with van der Waals surface area (Å²) in [5, 5.41) is 0. The van der Waals surface area contributed by atoms with E-state index in [9.17, 15) is 4.79 Å². The lowest BCUT2D eigenvalue weighted by Crippen LogP contribution is -2.48. The normalized spacial score (nSPS) is 22.0. The van der Waals surface area contributed by atoms with E-state index in [2.05, 4.69) is 34.6 Å². The third-order valence-corrected chi connectivity index (χ3v) is 3.61. The van der Waals surface area contributed by atoms with E-state index >= 15 is 0 Å². The van der Waals surface area contributed by atoms with Crippen LogP contribution in [-0.2, 0) is 14.6 Å². The van der Waals surface area contributed by atoms with E-state index in [1.165, 1.54) is 0 Å². The van der Waals surface area contributed by atoms with Crippen LogP contribution in [0.25, 0.3) is 0 Å². The maximum Gasteiger partial charge on any atom is 0.304 e. The molecular formula is C13H23O3. The standard InChI is InChI=1S/C13H23O3/c1-9(2)10(11(3,4)5)12(6,7)13(8-14)15-16-13/h9-10H,1-7H3. The summed E-state index contributed by atoms with van der Waals surface area (Å²) in [6.45, 7) is 14.9. The molecule has 0 N–H and O–H groups in total. The van der Waals surface area contributed by atoms with Crippen molar-refractivity contribution in [1.82, 2.24) is 0 Å². The predicted octanol–water partition coefficient (Wildman–Crippen LogP) is 3.10. The highest BCUT2D eigenvalue weighted by Crippen LogP contribution is 2.56. The van der Waals surface area contributed by atoms with Crippen LogP contribution in [0.5, 0.6) is 0 Å². The fraction of sp³-hybridized carbons (Fsp3) is 0.923. The lowest BCUT2D eigenvalue weighted by atomic mass is 9.58. The van der Waals surface area contributed by atoms with Gasteiger partial charge in [-0.3, -0.25) is 4.79 Å². The van der Waals surface area contributed by atoms with Crippen LogP contribution >= 0.6 is 0 Å². The van der Waals surface area contributed by atoms with Crippen LogP contribution in [0, 0.1) is 22.7 Å². The van der Waals surface area contributed by atoms with Crippen molar-refractivity contribution < 1.29 is 14.6 Å². The molecule has 1 aliphatic heterocycles. The van der Waals surface area contributed by atoms with Gasteiger partial charge in [-0.25, -0.2) is 0 Å². The predicted molar refractivity (Wildman–Crippen MR) is 62.2 cm³/mol. The molecule has 0 aliphatic carbocycles. The number of hydrogen-bond donors (Lipinski definition) is 0. The molecule has 1 heterocycles. The molecule has 1 rings (SSSR count). The third kappa shape index (κ3) is 2.03. The zero-order valence-corrected chi connectivity index (χ0v) is 11.4. The highest BCUT2D eigenvalue weighted by molar-refractivity contribution is 5.64. The Labute approximate surface area is 98.4 Å². The monoisotopic (exact) mass is 227 g/mol. The van der Waals surface area contributed by atoms with Gasteiger partial charge in [0.25, 0.3) is 6.29 Å². The number of carbonyl (C=O) groups excluding carboxylic acids is 1. The first-order valence-corrected chi connectivity index (χ1v) is 5.84. The van der Waals surface area contributed by atoms with Crippen molar-refractivity contribution in [1.29, 1.82) is 0 Å². The lowest BCUT2D eigenvalue weighted by Gasteiger charge is -2.45. The van der Waals surface area contributed by atoms with Gasteiger partial charge in [-0.2, -0.15) is 9.78 Å². The van der Waals surface area contributed by atoms with Gasteiger partial charge in [0.1, 0.15) is 0 Å². The van der Waals surface area contributed by atoms with Gasteiger partial charge in [0.05, 0.1) is 0 Å². The zero-order chi connectivity index (χ0) is 12.8. The molecule has 1 radical (unpaired) electrons. The third-order valence-electron chi connectivity index (χ3n) is 3.61. The minimum absolute atomic E-state index is 0.0802. The molecule has 93 valence electrons. The second-order valence-corrected chi connectivity index (χ2v) is 6.69. The quantitative estimate of drug-likeness (QED) is 0.547. The van der Waals surface area contributed by atoms with Crippen molar-refractivity contribution in [3.63, 3.8) is 0 Å². The molecule has 1 unspecified atom stereocenters. The highest BCUT2D eigenvalue weighted by Gasteiger charge is 2.66. The van der Waals surface area contributed by atoms with E-state index < -0.39 is 5.79 Å². The Morgan fingerprint density at radius 2 is 1.50 bits per heavy atom. The van der Waals surface area contributed by atoms with E-state index in [4.69, 9.17) is 9.78 Å². The molecule has 3 nitrogen and oxygen atoms in total. The molecule has 0 bridgehead atoms. The van der Waals surface area contributed by atoms with Crippen molar-refractivity contribution in [2.45, 2.75) is 54.3 Å². The summed E-state index contributed by atoms with van der Waals surface area (Å²) in [5.74, 6) is -0.424. The van der Waals surface area contributed by atoms with Crippen molar-refractivity contribution in [2.24, 2.45) is 22.7 Å². The van der Waals surface area contributed by atoms with Gasteiger partial charge < -0.3 is 0 Å². The summed E-state index contributed by atoms with van der Waals surface area (Å²) in [7, 11) is 0. The Bertz CT molecular complexity index is 269. The average molecular weight is 227 g/mol. The van der Waals surface area contributed by atoms with Crippen LogP contribution in [0.4, 0.5) is 0 Å². The second kappa shape index (κ2) is 3.81. The van der Waals surface area contributed by atoms with Gasteiger partial charge in [-0.15, -0.1) is 0 Å². The molecule has 0 aromatic heterocycles. The Balaban J connectivity index is 3.08. The molecule has 3 heteroatoms. The highest BCUT2D eigenvalue weighted by atomic mass is 17.4. The summed E-state index contributed by atoms with van der Waals surface area (Å²) in [6.07, 6.45) is 1.91. The summed E-state index contributed by atoms with van der Waals surface area (Å²) >= 11 is 0. The molecule has 0 saturated carbocycles. The Morgan fingerprint density at radius 1 is 1.06 bits per heavy atom. The molecule has 1 saturated heterocycles. The Hall–Kier alpha value is -0.410. The van der Waals surface area contributed by atoms with Gasteiger partial charge in [-0.05, 0) is 17.3 Å². The van der Waals surface area contributed by atoms with Crippen LogP contribution in [0.15, 0.2) is 0 Å². The minimum Gasteiger partial charge on any atom is -0.284 e. The van der Waals surface area contributed by atoms with Crippen molar-refractivity contribution in [3.05, 3.63) is 0 Å². The SMILES string of the molecule is CC(C)C(C(C)(C)C)C(C)(C)C1([C]=O)OO1. The summed E-state index contributed by atoms with van der Waals surface area (Å²) in [4.78, 5) is 20.8. The Kier molecular flexibility index (Phi) is 3.25. The molecule has 0 aromatic rings. The largest absolute Gasteiger partial charge is 0.304 e. The summed E-state index contributed by atoms with van der Waals surface area (Å²) in [6, 6.07) is 0. The van der Waals surface area contributed by atoms with Crippen LogP contribution in [0.2, 0.25) is 0 Å². The lowest BCUT2D eigenvalue weighted by molar-refractivity contribution is 0.000349. The van der Waals surface area contributed by atoms with Gasteiger partial charge in [0.15, 0.2) is 0 Å².